The van der Waals surface area contributed by atoms with E-state index in [0.29, 0.717) is 37.6 Å². The van der Waals surface area contributed by atoms with Gasteiger partial charge in [-0.3, -0.25) is 0 Å². The number of benzene rings is 2. The van der Waals surface area contributed by atoms with Crippen LogP contribution >= 0.6 is 0 Å². The van der Waals surface area contributed by atoms with Gasteiger partial charge < -0.3 is 19.9 Å². The summed E-state index contributed by atoms with van der Waals surface area (Å²) in [6.07, 6.45) is 1.60. The average Bonchev–Trinajstić information content (AvgIpc) is 2.80. The Hall–Kier alpha value is -3.61. The minimum atomic E-state index is -0.123. The zero-order chi connectivity index (χ0) is 20.1. The lowest BCUT2D eigenvalue weighted by Gasteiger charge is -2.35. The summed E-state index contributed by atoms with van der Waals surface area (Å²) in [7, 11) is 1.59. The number of amides is 2. The molecule has 2 heterocycles. The molecule has 7 nitrogen and oxygen atoms in total. The van der Waals surface area contributed by atoms with Gasteiger partial charge in [-0.25, -0.2) is 14.8 Å². The molecule has 4 rings (SSSR count). The number of hydrogen-bond donors (Lipinski definition) is 1. The molecule has 0 saturated carbocycles. The Labute approximate surface area is 170 Å². The van der Waals surface area contributed by atoms with E-state index in [-0.39, 0.29) is 6.03 Å². The summed E-state index contributed by atoms with van der Waals surface area (Å²) < 4.78 is 5.30. The van der Waals surface area contributed by atoms with E-state index in [4.69, 9.17) is 4.74 Å². The Morgan fingerprint density at radius 1 is 0.966 bits per heavy atom. The number of urea groups is 1. The van der Waals surface area contributed by atoms with E-state index < -0.39 is 0 Å². The standard InChI is InChI=1S/C22H23N5O2/c1-29-20-10-6-5-9-18(20)25-22(28)27-13-11-26(12-14-27)21-15-19(23-16-24-21)17-7-3-2-4-8-17/h2-10,15-16H,11-14H2,1H3,(H,25,28). The molecule has 1 aromatic heterocycles. The van der Waals surface area contributed by atoms with Gasteiger partial charge in [0.15, 0.2) is 0 Å². The number of nitrogens with zero attached hydrogens (tertiary/aromatic N) is 4. The van der Waals surface area contributed by atoms with E-state index in [0.717, 1.165) is 17.1 Å². The minimum absolute atomic E-state index is 0.123. The molecule has 7 heteroatoms. The van der Waals surface area contributed by atoms with Gasteiger partial charge in [-0.2, -0.15) is 0 Å². The lowest BCUT2D eigenvalue weighted by atomic mass is 10.1. The van der Waals surface area contributed by atoms with Crippen LogP contribution in [0.2, 0.25) is 0 Å². The number of piperazine rings is 1. The second kappa shape index (κ2) is 8.60. The molecule has 0 radical (unpaired) electrons. The van der Waals surface area contributed by atoms with Crippen molar-refractivity contribution in [3.05, 3.63) is 67.0 Å². The van der Waals surface area contributed by atoms with Gasteiger partial charge in [0, 0.05) is 37.8 Å². The number of ether oxygens (including phenoxy) is 1. The van der Waals surface area contributed by atoms with Gasteiger partial charge in [0.25, 0.3) is 0 Å². The molecule has 2 aromatic carbocycles. The highest BCUT2D eigenvalue weighted by Crippen LogP contribution is 2.24. The van der Waals surface area contributed by atoms with Gasteiger partial charge in [0.2, 0.25) is 0 Å². The van der Waals surface area contributed by atoms with Gasteiger partial charge >= 0.3 is 6.03 Å². The van der Waals surface area contributed by atoms with Gasteiger partial charge in [-0.05, 0) is 12.1 Å². The number of aromatic nitrogens is 2. The predicted molar refractivity (Wildman–Crippen MR) is 113 cm³/mol. The van der Waals surface area contributed by atoms with Gasteiger partial charge in [-0.1, -0.05) is 42.5 Å². The van der Waals surface area contributed by atoms with Gasteiger partial charge in [-0.15, -0.1) is 0 Å². The van der Waals surface area contributed by atoms with Crippen molar-refractivity contribution >= 4 is 17.5 Å². The Morgan fingerprint density at radius 2 is 1.69 bits per heavy atom. The number of hydrogen-bond acceptors (Lipinski definition) is 5. The lowest BCUT2D eigenvalue weighted by molar-refractivity contribution is 0.208. The second-order valence-electron chi connectivity index (χ2n) is 6.73. The number of carbonyl (C=O) groups is 1. The third-order valence-electron chi connectivity index (χ3n) is 4.96. The van der Waals surface area contributed by atoms with Crippen LogP contribution in [0.1, 0.15) is 0 Å². The highest BCUT2D eigenvalue weighted by Gasteiger charge is 2.23. The smallest absolute Gasteiger partial charge is 0.322 e. The first kappa shape index (κ1) is 18.7. The molecule has 0 atom stereocenters. The van der Waals surface area contributed by atoms with Crippen molar-refractivity contribution in [1.82, 2.24) is 14.9 Å². The lowest BCUT2D eigenvalue weighted by Crippen LogP contribution is -2.50. The van der Waals surface area contributed by atoms with Crippen molar-refractivity contribution < 1.29 is 9.53 Å². The first-order valence-corrected chi connectivity index (χ1v) is 9.56. The summed E-state index contributed by atoms with van der Waals surface area (Å²) >= 11 is 0. The van der Waals surface area contributed by atoms with Crippen molar-refractivity contribution in [2.24, 2.45) is 0 Å². The van der Waals surface area contributed by atoms with E-state index in [1.165, 1.54) is 0 Å². The molecule has 0 aliphatic carbocycles. The molecule has 2 amide bonds. The molecule has 0 spiro atoms. The first-order chi connectivity index (χ1) is 14.2. The van der Waals surface area contributed by atoms with E-state index in [1.54, 1.807) is 13.4 Å². The SMILES string of the molecule is COc1ccccc1NC(=O)N1CCN(c2cc(-c3ccccc3)ncn2)CC1. The molecule has 0 unspecified atom stereocenters. The largest absolute Gasteiger partial charge is 0.495 e. The van der Waals surface area contributed by atoms with Crippen LogP contribution in [-0.4, -0.2) is 54.2 Å². The van der Waals surface area contributed by atoms with E-state index in [1.807, 2.05) is 65.6 Å². The third kappa shape index (κ3) is 4.29. The van der Waals surface area contributed by atoms with Crippen LogP contribution in [0.3, 0.4) is 0 Å². The summed E-state index contributed by atoms with van der Waals surface area (Å²) in [6, 6.07) is 19.3. The quantitative estimate of drug-likeness (QED) is 0.739. The number of methoxy groups -OCH3 is 1. The third-order valence-corrected chi connectivity index (χ3v) is 4.96. The molecular formula is C22H23N5O2. The maximum atomic E-state index is 12.6. The Morgan fingerprint density at radius 3 is 2.45 bits per heavy atom. The van der Waals surface area contributed by atoms with Crippen LogP contribution in [0.5, 0.6) is 5.75 Å². The monoisotopic (exact) mass is 389 g/mol. The maximum Gasteiger partial charge on any atom is 0.322 e. The van der Waals surface area contributed by atoms with Gasteiger partial charge in [0.05, 0.1) is 18.5 Å². The summed E-state index contributed by atoms with van der Waals surface area (Å²) in [5, 5.41) is 2.93. The van der Waals surface area contributed by atoms with Crippen molar-refractivity contribution in [1.29, 1.82) is 0 Å². The van der Waals surface area contributed by atoms with Crippen LogP contribution in [0.4, 0.5) is 16.3 Å². The molecule has 1 saturated heterocycles. The number of para-hydroxylation sites is 2. The first-order valence-electron chi connectivity index (χ1n) is 9.56. The fraction of sp³-hybridized carbons (Fsp3) is 0.227. The minimum Gasteiger partial charge on any atom is -0.495 e. The predicted octanol–water partition coefficient (Wildman–Crippen LogP) is 3.51. The normalized spacial score (nSPS) is 13.8. The van der Waals surface area contributed by atoms with Crippen molar-refractivity contribution in [3.63, 3.8) is 0 Å². The Bertz CT molecular complexity index is 972. The van der Waals surface area contributed by atoms with E-state index in [2.05, 4.69) is 20.2 Å². The van der Waals surface area contributed by atoms with Crippen LogP contribution in [0, 0.1) is 0 Å². The van der Waals surface area contributed by atoms with Gasteiger partial charge in [0.1, 0.15) is 17.9 Å². The summed E-state index contributed by atoms with van der Waals surface area (Å²) in [4.78, 5) is 25.4. The zero-order valence-corrected chi connectivity index (χ0v) is 16.3. The molecule has 1 N–H and O–H groups in total. The number of rotatable bonds is 4. The molecular weight excluding hydrogens is 366 g/mol. The number of nitrogens with one attached hydrogen (secondary N) is 1. The van der Waals surface area contributed by atoms with E-state index >= 15 is 0 Å². The molecule has 1 aliphatic heterocycles. The maximum absolute atomic E-state index is 12.6. The summed E-state index contributed by atoms with van der Waals surface area (Å²) in [5.74, 6) is 1.53. The summed E-state index contributed by atoms with van der Waals surface area (Å²) in [6.45, 7) is 2.66. The molecule has 3 aromatic rings. The topological polar surface area (TPSA) is 70.6 Å². The van der Waals surface area contributed by atoms with Crippen LogP contribution in [0.15, 0.2) is 67.0 Å². The van der Waals surface area contributed by atoms with E-state index in [9.17, 15) is 4.79 Å². The molecule has 29 heavy (non-hydrogen) atoms. The van der Waals surface area contributed by atoms with Crippen LogP contribution in [-0.2, 0) is 0 Å². The molecule has 0 bridgehead atoms. The summed E-state index contributed by atoms with van der Waals surface area (Å²) in [5.41, 5.74) is 2.63. The van der Waals surface area contributed by atoms with Crippen molar-refractivity contribution in [2.75, 3.05) is 43.5 Å². The van der Waals surface area contributed by atoms with Crippen molar-refractivity contribution in [3.8, 4) is 17.0 Å². The highest BCUT2D eigenvalue weighted by atomic mass is 16.5. The Kier molecular flexibility index (Phi) is 5.56. The van der Waals surface area contributed by atoms with Crippen LogP contribution in [0.25, 0.3) is 11.3 Å². The fourth-order valence-electron chi connectivity index (χ4n) is 3.37. The number of carbonyl (C=O) groups excluding carboxylic acids is 1. The number of anilines is 2. The Balaban J connectivity index is 1.39. The zero-order valence-electron chi connectivity index (χ0n) is 16.3. The van der Waals surface area contributed by atoms with Crippen molar-refractivity contribution in [2.45, 2.75) is 0 Å². The average molecular weight is 389 g/mol. The highest BCUT2D eigenvalue weighted by molar-refractivity contribution is 5.91. The molecule has 1 aliphatic rings. The second-order valence-corrected chi connectivity index (χ2v) is 6.73. The molecule has 1 fully saturated rings. The fourth-order valence-corrected chi connectivity index (χ4v) is 3.37. The molecule has 148 valence electrons. The van der Waals surface area contributed by atoms with Crippen LogP contribution < -0.4 is 15.0 Å².